The third-order valence-electron chi connectivity index (χ3n) is 4.75. The van der Waals surface area contributed by atoms with Crippen molar-refractivity contribution in [3.63, 3.8) is 0 Å². The van der Waals surface area contributed by atoms with Crippen LogP contribution >= 0.6 is 0 Å². The molecule has 0 aromatic heterocycles. The Balaban J connectivity index is 2.17. The van der Waals surface area contributed by atoms with Gasteiger partial charge in [0.15, 0.2) is 0 Å². The number of rotatable bonds is 3. The van der Waals surface area contributed by atoms with Gasteiger partial charge in [0.05, 0.1) is 18.7 Å². The Kier molecular flexibility index (Phi) is 4.64. The monoisotopic (exact) mass is 320 g/mol. The first kappa shape index (κ1) is 16.2. The molecule has 0 spiro atoms. The maximum absolute atomic E-state index is 12.5. The fraction of sp³-hybridized carbons (Fsp3) is 0.300. The number of benzene rings is 2. The minimum atomic E-state index is -0.351. The summed E-state index contributed by atoms with van der Waals surface area (Å²) in [5, 5.41) is 9.53. The van der Waals surface area contributed by atoms with Crippen LogP contribution in [0, 0.1) is 11.3 Å². The Morgan fingerprint density at radius 1 is 1.21 bits per heavy atom. The molecule has 1 fully saturated rings. The quantitative estimate of drug-likeness (QED) is 0.813. The average Bonchev–Trinajstić information content (AvgIpc) is 3.01. The SMILES string of the molecule is COC(=O)c1c(-c2ccccc2)cccc1[C@H]1CCN(C)[C@@H]1C#N. The van der Waals surface area contributed by atoms with Crippen molar-refractivity contribution in [1.82, 2.24) is 4.90 Å². The van der Waals surface area contributed by atoms with Crippen molar-refractivity contribution in [2.75, 3.05) is 20.7 Å². The van der Waals surface area contributed by atoms with Crippen LogP contribution in [0.15, 0.2) is 48.5 Å². The first-order valence-electron chi connectivity index (χ1n) is 8.04. The highest BCUT2D eigenvalue weighted by molar-refractivity contribution is 5.99. The molecule has 0 unspecified atom stereocenters. The van der Waals surface area contributed by atoms with Crippen LogP contribution in [0.1, 0.15) is 28.3 Å². The molecule has 2 atom stereocenters. The van der Waals surface area contributed by atoms with Gasteiger partial charge in [0, 0.05) is 5.92 Å². The molecule has 1 aliphatic rings. The number of likely N-dealkylation sites (tertiary alicyclic amines) is 1. The molecule has 0 amide bonds. The molecule has 2 aromatic rings. The van der Waals surface area contributed by atoms with Gasteiger partial charge in [0.25, 0.3) is 0 Å². The molecule has 1 saturated heterocycles. The average molecular weight is 320 g/mol. The van der Waals surface area contributed by atoms with Crippen LogP contribution in [0.3, 0.4) is 0 Å². The van der Waals surface area contributed by atoms with Gasteiger partial charge < -0.3 is 4.74 Å². The van der Waals surface area contributed by atoms with E-state index in [0.29, 0.717) is 5.56 Å². The number of methoxy groups -OCH3 is 1. The number of hydrogen-bond acceptors (Lipinski definition) is 4. The molecule has 0 radical (unpaired) electrons. The number of carbonyl (C=O) groups excluding carboxylic acids is 1. The van der Waals surface area contributed by atoms with E-state index in [-0.39, 0.29) is 17.9 Å². The summed E-state index contributed by atoms with van der Waals surface area (Å²) in [4.78, 5) is 14.6. The number of likely N-dealkylation sites (N-methyl/N-ethyl adjacent to an activating group) is 1. The van der Waals surface area contributed by atoms with E-state index >= 15 is 0 Å². The van der Waals surface area contributed by atoms with Gasteiger partial charge >= 0.3 is 5.97 Å². The molecule has 1 heterocycles. The minimum absolute atomic E-state index is 0.0118. The standard InChI is InChI=1S/C20H20N2O2/c1-22-12-11-16(18(22)13-21)17-10-6-9-15(19(17)20(23)24-2)14-7-4-3-5-8-14/h3-10,16,18H,11-12H2,1-2H3/t16-,18-/m1/s1. The van der Waals surface area contributed by atoms with E-state index in [0.717, 1.165) is 29.7 Å². The Bertz CT molecular complexity index is 780. The van der Waals surface area contributed by atoms with Gasteiger partial charge in [-0.1, -0.05) is 48.5 Å². The lowest BCUT2D eigenvalue weighted by Crippen LogP contribution is -2.27. The summed E-state index contributed by atoms with van der Waals surface area (Å²) in [5.41, 5.74) is 3.30. The second-order valence-corrected chi connectivity index (χ2v) is 6.08. The fourth-order valence-corrected chi connectivity index (χ4v) is 3.53. The van der Waals surface area contributed by atoms with Crippen LogP contribution in [0.25, 0.3) is 11.1 Å². The van der Waals surface area contributed by atoms with Crippen molar-refractivity contribution in [3.05, 3.63) is 59.7 Å². The van der Waals surface area contributed by atoms with Crippen LogP contribution in [-0.4, -0.2) is 37.6 Å². The summed E-state index contributed by atoms with van der Waals surface area (Å²) in [6, 6.07) is 17.8. The van der Waals surface area contributed by atoms with Crippen LogP contribution in [0.2, 0.25) is 0 Å². The van der Waals surface area contributed by atoms with Crippen LogP contribution < -0.4 is 0 Å². The van der Waals surface area contributed by atoms with Crippen molar-refractivity contribution in [2.24, 2.45) is 0 Å². The van der Waals surface area contributed by atoms with Gasteiger partial charge in [-0.05, 0) is 36.7 Å². The highest BCUT2D eigenvalue weighted by Gasteiger charge is 2.36. The first-order chi connectivity index (χ1) is 11.7. The minimum Gasteiger partial charge on any atom is -0.465 e. The third-order valence-corrected chi connectivity index (χ3v) is 4.75. The maximum Gasteiger partial charge on any atom is 0.338 e. The highest BCUT2D eigenvalue weighted by Crippen LogP contribution is 2.38. The molecular formula is C20H20N2O2. The zero-order valence-corrected chi connectivity index (χ0v) is 13.9. The second-order valence-electron chi connectivity index (χ2n) is 6.08. The lowest BCUT2D eigenvalue weighted by molar-refractivity contribution is 0.0599. The van der Waals surface area contributed by atoms with Crippen LogP contribution in [-0.2, 0) is 4.74 Å². The van der Waals surface area contributed by atoms with E-state index in [1.54, 1.807) is 0 Å². The number of carbonyl (C=O) groups is 1. The summed E-state index contributed by atoms with van der Waals surface area (Å²) < 4.78 is 5.06. The summed E-state index contributed by atoms with van der Waals surface area (Å²) in [7, 11) is 3.35. The van der Waals surface area contributed by atoms with E-state index in [9.17, 15) is 10.1 Å². The van der Waals surface area contributed by atoms with Crippen molar-refractivity contribution in [2.45, 2.75) is 18.4 Å². The zero-order valence-electron chi connectivity index (χ0n) is 13.9. The molecule has 3 rings (SSSR count). The predicted octanol–water partition coefficient (Wildman–Crippen LogP) is 3.45. The van der Waals surface area contributed by atoms with Gasteiger partial charge in [0.2, 0.25) is 0 Å². The van der Waals surface area contributed by atoms with Gasteiger partial charge in [-0.2, -0.15) is 5.26 Å². The van der Waals surface area contributed by atoms with E-state index in [1.807, 2.05) is 60.5 Å². The third kappa shape index (κ3) is 2.79. The van der Waals surface area contributed by atoms with Crippen molar-refractivity contribution >= 4 is 5.97 Å². The number of nitriles is 1. The topological polar surface area (TPSA) is 53.3 Å². The number of nitrogens with zero attached hydrogens (tertiary/aromatic N) is 2. The van der Waals surface area contributed by atoms with Crippen molar-refractivity contribution in [3.8, 4) is 17.2 Å². The Labute approximate surface area is 142 Å². The molecule has 4 heteroatoms. The van der Waals surface area contributed by atoms with Crippen molar-refractivity contribution in [1.29, 1.82) is 5.26 Å². The van der Waals surface area contributed by atoms with Gasteiger partial charge in [0.1, 0.15) is 6.04 Å². The smallest absolute Gasteiger partial charge is 0.338 e. The molecule has 0 N–H and O–H groups in total. The van der Waals surface area contributed by atoms with Gasteiger partial charge in [-0.15, -0.1) is 0 Å². The molecule has 0 bridgehead atoms. The lowest BCUT2D eigenvalue weighted by Gasteiger charge is -2.21. The Hall–Kier alpha value is -2.64. The normalized spacial score (nSPS) is 20.5. The summed E-state index contributed by atoms with van der Waals surface area (Å²) in [6.45, 7) is 0.846. The highest BCUT2D eigenvalue weighted by atomic mass is 16.5. The van der Waals surface area contributed by atoms with Crippen LogP contribution in [0.4, 0.5) is 0 Å². The predicted molar refractivity (Wildman–Crippen MR) is 92.6 cm³/mol. The zero-order chi connectivity index (χ0) is 17.1. The van der Waals surface area contributed by atoms with E-state index in [1.165, 1.54) is 7.11 Å². The van der Waals surface area contributed by atoms with E-state index in [4.69, 9.17) is 4.74 Å². The molecule has 4 nitrogen and oxygen atoms in total. The summed E-state index contributed by atoms with van der Waals surface area (Å²) in [6.07, 6.45) is 0.858. The van der Waals surface area contributed by atoms with Crippen molar-refractivity contribution < 1.29 is 9.53 Å². The molecule has 122 valence electrons. The molecule has 0 saturated carbocycles. The van der Waals surface area contributed by atoms with Gasteiger partial charge in [-0.3, -0.25) is 4.90 Å². The first-order valence-corrected chi connectivity index (χ1v) is 8.04. The summed E-state index contributed by atoms with van der Waals surface area (Å²) >= 11 is 0. The number of esters is 1. The molecule has 1 aliphatic heterocycles. The lowest BCUT2D eigenvalue weighted by atomic mass is 9.85. The Morgan fingerprint density at radius 3 is 2.62 bits per heavy atom. The van der Waals surface area contributed by atoms with E-state index < -0.39 is 0 Å². The Morgan fingerprint density at radius 2 is 1.96 bits per heavy atom. The van der Waals surface area contributed by atoms with Gasteiger partial charge in [-0.25, -0.2) is 4.79 Å². The van der Waals surface area contributed by atoms with E-state index in [2.05, 4.69) is 6.07 Å². The van der Waals surface area contributed by atoms with Crippen LogP contribution in [0.5, 0.6) is 0 Å². The number of hydrogen-bond donors (Lipinski definition) is 0. The summed E-state index contributed by atoms with van der Waals surface area (Å²) in [5.74, 6) is -0.339. The molecule has 2 aromatic carbocycles. The fourth-order valence-electron chi connectivity index (χ4n) is 3.53. The molecular weight excluding hydrogens is 300 g/mol. The maximum atomic E-state index is 12.5. The second kappa shape index (κ2) is 6.86. The largest absolute Gasteiger partial charge is 0.465 e. The molecule has 24 heavy (non-hydrogen) atoms. The number of ether oxygens (including phenoxy) is 1. The molecule has 0 aliphatic carbocycles.